The first kappa shape index (κ1) is 22.5. The Balaban J connectivity index is 1.76. The molecule has 0 amide bonds. The van der Waals surface area contributed by atoms with Gasteiger partial charge in [0, 0.05) is 16.9 Å². The van der Waals surface area contributed by atoms with Gasteiger partial charge in [-0.3, -0.25) is 4.79 Å². The molecule has 0 saturated carbocycles. The lowest BCUT2D eigenvalue weighted by atomic mass is 9.72. The molecule has 1 aliphatic carbocycles. The average molecular weight is 421 g/mol. The predicted molar refractivity (Wildman–Crippen MR) is 128 cm³/mol. The first-order valence-electron chi connectivity index (χ1n) is 10.5. The van der Waals surface area contributed by atoms with Crippen LogP contribution in [-0.4, -0.2) is 11.5 Å². The van der Waals surface area contributed by atoms with Crippen LogP contribution in [0.2, 0.25) is 0 Å². The molecule has 0 saturated heterocycles. The van der Waals surface area contributed by atoms with E-state index in [0.717, 1.165) is 39.6 Å². The van der Waals surface area contributed by atoms with Crippen LogP contribution in [-0.2, 0) is 4.79 Å². The molecular weight excluding hydrogens is 388 g/mol. The number of benzene rings is 1. The molecule has 1 atom stereocenters. The van der Waals surface area contributed by atoms with E-state index in [2.05, 4.69) is 76.1 Å². The van der Waals surface area contributed by atoms with Crippen LogP contribution < -0.4 is 0 Å². The molecule has 1 heterocycles. The number of carbonyl (C=O) groups excluding carboxylic acids is 1. The quantitative estimate of drug-likeness (QED) is 0.466. The third kappa shape index (κ3) is 5.69. The van der Waals surface area contributed by atoms with Gasteiger partial charge >= 0.3 is 0 Å². The van der Waals surface area contributed by atoms with E-state index in [0.29, 0.717) is 5.92 Å². The second-order valence-corrected chi connectivity index (χ2v) is 11.0. The summed E-state index contributed by atoms with van der Waals surface area (Å²) in [6.45, 7) is 12.7. The van der Waals surface area contributed by atoms with Crippen molar-refractivity contribution in [1.29, 1.82) is 0 Å². The highest BCUT2D eigenvalue weighted by Crippen LogP contribution is 2.39. The molecule has 0 fully saturated rings. The van der Waals surface area contributed by atoms with Gasteiger partial charge in [0.25, 0.3) is 0 Å². The Hall–Kier alpha value is -2.20. The third-order valence-corrected chi connectivity index (χ3v) is 6.34. The topological polar surface area (TPSA) is 41.8 Å². The van der Waals surface area contributed by atoms with Crippen molar-refractivity contribution >= 4 is 23.2 Å². The van der Waals surface area contributed by atoms with E-state index in [-0.39, 0.29) is 16.6 Å². The molecule has 1 unspecified atom stereocenters. The van der Waals surface area contributed by atoms with Gasteiger partial charge in [-0.15, -0.1) is 16.9 Å². The fourth-order valence-corrected chi connectivity index (χ4v) is 4.47. The molecule has 1 aromatic carbocycles. The predicted octanol–water partition coefficient (Wildman–Crippen LogP) is 7.82. The summed E-state index contributed by atoms with van der Waals surface area (Å²) >= 11 is 1.75. The molecule has 0 radical (unpaired) electrons. The Morgan fingerprint density at radius 2 is 1.57 bits per heavy atom. The molecule has 2 aliphatic rings. The minimum atomic E-state index is -0.172. The third-order valence-electron chi connectivity index (χ3n) is 5.23. The van der Waals surface area contributed by atoms with Crippen molar-refractivity contribution in [3.05, 3.63) is 76.4 Å². The maximum absolute atomic E-state index is 13.1. The molecule has 3 rings (SSSR count). The van der Waals surface area contributed by atoms with Crippen LogP contribution in [0.25, 0.3) is 0 Å². The molecule has 1 aliphatic heterocycles. The van der Waals surface area contributed by atoms with Crippen LogP contribution in [0.5, 0.6) is 0 Å². The molecule has 0 bridgehead atoms. The van der Waals surface area contributed by atoms with E-state index >= 15 is 0 Å². The Bertz CT molecular complexity index is 915. The summed E-state index contributed by atoms with van der Waals surface area (Å²) in [6.07, 6.45) is 9.58. The van der Waals surface area contributed by atoms with Gasteiger partial charge in [-0.05, 0) is 59.1 Å². The Morgan fingerprint density at radius 3 is 2.13 bits per heavy atom. The summed E-state index contributed by atoms with van der Waals surface area (Å²) < 4.78 is 0. The second-order valence-electron chi connectivity index (χ2n) is 10.00. The van der Waals surface area contributed by atoms with Gasteiger partial charge < -0.3 is 0 Å². The number of nitrogens with zero attached hydrogens (tertiary/aromatic N) is 2. The summed E-state index contributed by atoms with van der Waals surface area (Å²) in [5.41, 5.74) is 3.47. The van der Waals surface area contributed by atoms with Crippen LogP contribution in [0.4, 0.5) is 5.69 Å². The normalized spacial score (nSPS) is 20.3. The van der Waals surface area contributed by atoms with Crippen molar-refractivity contribution in [1.82, 2.24) is 0 Å². The highest BCUT2D eigenvalue weighted by Gasteiger charge is 2.34. The maximum atomic E-state index is 13.1. The number of thioether (sulfide) groups is 1. The first-order valence-corrected chi connectivity index (χ1v) is 11.5. The summed E-state index contributed by atoms with van der Waals surface area (Å²) in [7, 11) is 0. The highest BCUT2D eigenvalue weighted by atomic mass is 32.2. The number of carbonyl (C=O) groups is 1. The summed E-state index contributed by atoms with van der Waals surface area (Å²) in [6, 6.07) is 9.81. The lowest BCUT2D eigenvalue weighted by molar-refractivity contribution is -0.114. The number of Topliss-reactive ketones (excluding diaryl/α,β-unsaturated/α-hetero) is 1. The molecule has 0 aromatic heterocycles. The zero-order chi connectivity index (χ0) is 21.9. The largest absolute Gasteiger partial charge is 0.289 e. The Kier molecular flexibility index (Phi) is 6.66. The van der Waals surface area contributed by atoms with Crippen LogP contribution in [0, 0.1) is 16.7 Å². The molecule has 0 N–H and O–H groups in total. The van der Waals surface area contributed by atoms with Crippen LogP contribution in [0.3, 0.4) is 0 Å². The molecule has 0 spiro atoms. The van der Waals surface area contributed by atoms with Crippen molar-refractivity contribution in [2.24, 2.45) is 27.0 Å². The number of ketones is 1. The number of azo groups is 1. The van der Waals surface area contributed by atoms with Gasteiger partial charge in [-0.2, -0.15) is 5.11 Å². The van der Waals surface area contributed by atoms with E-state index in [1.54, 1.807) is 11.8 Å². The van der Waals surface area contributed by atoms with Crippen molar-refractivity contribution in [2.75, 3.05) is 5.75 Å². The number of allylic oxidation sites excluding steroid dienone is 7. The fourth-order valence-electron chi connectivity index (χ4n) is 3.46. The van der Waals surface area contributed by atoms with E-state index in [4.69, 9.17) is 0 Å². The number of hydrogen-bond donors (Lipinski definition) is 0. The van der Waals surface area contributed by atoms with Crippen LogP contribution >= 0.6 is 11.8 Å². The summed E-state index contributed by atoms with van der Waals surface area (Å²) in [5.74, 6) is 1.63. The Labute approximate surface area is 185 Å². The van der Waals surface area contributed by atoms with Crippen molar-refractivity contribution in [3.8, 4) is 0 Å². The monoisotopic (exact) mass is 420 g/mol. The fraction of sp³-hybridized carbons (Fsp3) is 0.423. The lowest BCUT2D eigenvalue weighted by Crippen LogP contribution is -2.27. The SMILES string of the molecule is CC(C)(C)C1=CC(=CCC2C=C(N=Nc3ccccc3)SC2)C=C(C(C)(C)C)C1=O. The van der Waals surface area contributed by atoms with Crippen molar-refractivity contribution < 1.29 is 4.79 Å². The molecule has 3 nitrogen and oxygen atoms in total. The first-order chi connectivity index (χ1) is 14.0. The Morgan fingerprint density at radius 1 is 0.967 bits per heavy atom. The molecule has 1 aromatic rings. The van der Waals surface area contributed by atoms with Crippen LogP contribution in [0.15, 0.2) is 86.6 Å². The van der Waals surface area contributed by atoms with E-state index in [9.17, 15) is 4.79 Å². The molecule has 30 heavy (non-hydrogen) atoms. The minimum Gasteiger partial charge on any atom is -0.289 e. The van der Waals surface area contributed by atoms with Gasteiger partial charge in [0.1, 0.15) is 5.03 Å². The average Bonchev–Trinajstić information content (AvgIpc) is 3.12. The van der Waals surface area contributed by atoms with E-state index < -0.39 is 0 Å². The zero-order valence-corrected chi connectivity index (χ0v) is 19.7. The van der Waals surface area contributed by atoms with Crippen LogP contribution in [0.1, 0.15) is 48.0 Å². The van der Waals surface area contributed by atoms with Gasteiger partial charge in [0.15, 0.2) is 5.78 Å². The number of rotatable bonds is 4. The summed E-state index contributed by atoms with van der Waals surface area (Å²) in [4.78, 5) is 13.1. The molecular formula is C26H32N2OS. The zero-order valence-electron chi connectivity index (χ0n) is 18.9. The van der Waals surface area contributed by atoms with E-state index in [1.807, 2.05) is 30.3 Å². The van der Waals surface area contributed by atoms with Gasteiger partial charge in [-0.25, -0.2) is 0 Å². The maximum Gasteiger partial charge on any atom is 0.186 e. The smallest absolute Gasteiger partial charge is 0.186 e. The van der Waals surface area contributed by atoms with Crippen molar-refractivity contribution in [2.45, 2.75) is 48.0 Å². The van der Waals surface area contributed by atoms with Crippen molar-refractivity contribution in [3.63, 3.8) is 0 Å². The van der Waals surface area contributed by atoms with E-state index in [1.165, 1.54) is 0 Å². The second kappa shape index (κ2) is 8.89. The van der Waals surface area contributed by atoms with Gasteiger partial charge in [0.2, 0.25) is 0 Å². The van der Waals surface area contributed by atoms with Gasteiger partial charge in [0.05, 0.1) is 5.69 Å². The molecule has 4 heteroatoms. The highest BCUT2D eigenvalue weighted by molar-refractivity contribution is 8.03. The lowest BCUT2D eigenvalue weighted by Gasteiger charge is -2.31. The molecule has 158 valence electrons. The minimum absolute atomic E-state index is 0.172. The summed E-state index contributed by atoms with van der Waals surface area (Å²) in [5, 5.41) is 9.70. The number of hydrogen-bond acceptors (Lipinski definition) is 4. The van der Waals surface area contributed by atoms with Gasteiger partial charge in [-0.1, -0.05) is 65.8 Å². The standard InChI is InChI=1S/C26H32N2OS/c1-25(2,3)21-14-18(15-22(24(21)29)26(4,5)6)12-13-19-16-23(30-17-19)28-27-20-10-8-7-9-11-20/h7-12,14-16,19H,13,17H2,1-6H3.